The van der Waals surface area contributed by atoms with Crippen molar-refractivity contribution in [1.29, 1.82) is 0 Å². The maximum atomic E-state index is 11.5. The first kappa shape index (κ1) is 27.3. The summed E-state index contributed by atoms with van der Waals surface area (Å²) in [5, 5.41) is 18.4. The molecule has 1 unspecified atom stereocenters. The summed E-state index contributed by atoms with van der Waals surface area (Å²) in [5.74, 6) is 1.28. The van der Waals surface area contributed by atoms with Crippen LogP contribution in [0.4, 0.5) is 5.82 Å². The van der Waals surface area contributed by atoms with Crippen LogP contribution in [0.5, 0.6) is 0 Å². The molecule has 0 amide bonds. The van der Waals surface area contributed by atoms with Crippen LogP contribution < -0.4 is 10.6 Å². The zero-order chi connectivity index (χ0) is 26.3. The van der Waals surface area contributed by atoms with E-state index in [0.717, 1.165) is 40.9 Å². The Kier molecular flexibility index (Phi) is 8.82. The maximum absolute atomic E-state index is 11.5. The molecule has 36 heavy (non-hydrogen) atoms. The highest BCUT2D eigenvalue weighted by molar-refractivity contribution is 6.11. The summed E-state index contributed by atoms with van der Waals surface area (Å²) in [5.41, 5.74) is 3.57. The van der Waals surface area contributed by atoms with Crippen LogP contribution in [0.1, 0.15) is 38.3 Å². The molecule has 1 aliphatic rings. The minimum Gasteiger partial charge on any atom is -0.387 e. The lowest BCUT2D eigenvalue weighted by molar-refractivity contribution is -0.0764. The van der Waals surface area contributed by atoms with Crippen LogP contribution in [0.25, 0.3) is 22.5 Å². The first-order valence-corrected chi connectivity index (χ1v) is 12.4. The summed E-state index contributed by atoms with van der Waals surface area (Å²) >= 11 is 0. The van der Waals surface area contributed by atoms with Gasteiger partial charge in [0.1, 0.15) is 5.82 Å². The maximum Gasteiger partial charge on any atom is 0.161 e. The molecule has 3 N–H and O–H groups in total. The molecule has 1 saturated heterocycles. The Morgan fingerprint density at radius 1 is 1.31 bits per heavy atom. The third-order valence-corrected chi connectivity index (χ3v) is 6.84. The van der Waals surface area contributed by atoms with E-state index in [1.807, 2.05) is 62.6 Å². The van der Waals surface area contributed by atoms with Crippen molar-refractivity contribution >= 4 is 23.2 Å². The highest BCUT2D eigenvalue weighted by Gasteiger charge is 2.45. The van der Waals surface area contributed by atoms with Crippen molar-refractivity contribution in [3.8, 4) is 11.4 Å². The zero-order valence-electron chi connectivity index (χ0n) is 22.5. The van der Waals surface area contributed by atoms with Crippen molar-refractivity contribution < 1.29 is 5.11 Å². The summed E-state index contributed by atoms with van der Waals surface area (Å²) in [7, 11) is 5.72. The molecule has 192 valence electrons. The fourth-order valence-electron chi connectivity index (χ4n) is 4.42. The van der Waals surface area contributed by atoms with Gasteiger partial charge in [-0.15, -0.1) is 0 Å². The molecule has 7 heteroatoms. The monoisotopic (exact) mass is 488 g/mol. The van der Waals surface area contributed by atoms with E-state index in [9.17, 15) is 5.11 Å². The van der Waals surface area contributed by atoms with Crippen LogP contribution >= 0.6 is 0 Å². The molecular formula is C29H40N6O. The number of benzene rings is 1. The van der Waals surface area contributed by atoms with Gasteiger partial charge < -0.3 is 20.6 Å². The normalized spacial score (nSPS) is 20.4. The summed E-state index contributed by atoms with van der Waals surface area (Å²) < 4.78 is 0. The molecule has 0 saturated carbocycles. The third-order valence-electron chi connectivity index (χ3n) is 6.84. The van der Waals surface area contributed by atoms with Gasteiger partial charge in [-0.1, -0.05) is 50.8 Å². The standard InChI is InChI=1S/C29H40N6O/c1-8-21(16-30-5)25-17-32-26(24-12-10-11-23(15-24)22(9-2)18-35(6)7)34-27(25)33-20-29(36)13-14-31-19-28(29,3)4/h8-12,15-18,31,36H,2,13-14,19-20H2,1,3-7H3,(H,32,33,34)/b21-8+,22-18+,30-16-. The Labute approximate surface area is 215 Å². The molecule has 2 aromatic rings. The van der Waals surface area contributed by atoms with Gasteiger partial charge >= 0.3 is 0 Å². The molecule has 0 radical (unpaired) electrons. The second kappa shape index (κ2) is 11.6. The number of hydrogen-bond acceptors (Lipinski definition) is 7. The minimum atomic E-state index is -0.870. The Morgan fingerprint density at radius 3 is 2.72 bits per heavy atom. The molecule has 1 fully saturated rings. The fourth-order valence-corrected chi connectivity index (χ4v) is 4.42. The second-order valence-corrected chi connectivity index (χ2v) is 10.1. The van der Waals surface area contributed by atoms with Gasteiger partial charge in [0, 0.05) is 75.0 Å². The van der Waals surface area contributed by atoms with E-state index in [1.54, 1.807) is 13.3 Å². The molecule has 0 spiro atoms. The number of nitrogens with one attached hydrogen (secondary N) is 2. The molecule has 3 rings (SSSR count). The van der Waals surface area contributed by atoms with Gasteiger partial charge in [0.15, 0.2) is 5.82 Å². The second-order valence-electron chi connectivity index (χ2n) is 10.1. The van der Waals surface area contributed by atoms with Crippen molar-refractivity contribution in [3.63, 3.8) is 0 Å². The van der Waals surface area contributed by atoms with E-state index in [1.165, 1.54) is 0 Å². The summed E-state index contributed by atoms with van der Waals surface area (Å²) in [4.78, 5) is 15.8. The summed E-state index contributed by atoms with van der Waals surface area (Å²) in [6, 6.07) is 8.14. The van der Waals surface area contributed by atoms with E-state index < -0.39 is 5.60 Å². The molecular weight excluding hydrogens is 448 g/mol. The SMILES string of the molecule is C=C/C(=C\N(C)C)c1cccc(-c2ncc(C(/C=N\C)=C/C)c(NCC3(O)CCNCC3(C)C)n2)c1. The molecule has 1 aliphatic heterocycles. The van der Waals surface area contributed by atoms with Crippen LogP contribution in [0, 0.1) is 5.41 Å². The third kappa shape index (κ3) is 6.09. The average molecular weight is 489 g/mol. The van der Waals surface area contributed by atoms with Crippen LogP contribution in [0.15, 0.2) is 60.4 Å². The number of aliphatic hydroxyl groups is 1. The molecule has 0 bridgehead atoms. The van der Waals surface area contributed by atoms with Gasteiger partial charge in [0.2, 0.25) is 0 Å². The highest BCUT2D eigenvalue weighted by Crippen LogP contribution is 2.36. The summed E-state index contributed by atoms with van der Waals surface area (Å²) in [6.45, 7) is 12.1. The lowest BCUT2D eigenvalue weighted by Gasteiger charge is -2.46. The Bertz CT molecular complexity index is 1160. The molecule has 1 atom stereocenters. The largest absolute Gasteiger partial charge is 0.387 e. The number of allylic oxidation sites excluding steroid dienone is 4. The predicted molar refractivity (Wildman–Crippen MR) is 152 cm³/mol. The lowest BCUT2D eigenvalue weighted by atomic mass is 9.70. The Morgan fingerprint density at radius 2 is 2.08 bits per heavy atom. The molecule has 2 heterocycles. The number of aliphatic imine (C=N–C) groups is 1. The Balaban J connectivity index is 2.04. The molecule has 7 nitrogen and oxygen atoms in total. The van der Waals surface area contributed by atoms with Gasteiger partial charge in [0.05, 0.1) is 5.60 Å². The first-order valence-electron chi connectivity index (χ1n) is 12.4. The fraction of sp³-hybridized carbons (Fsp3) is 0.414. The topological polar surface area (TPSA) is 85.7 Å². The number of piperidine rings is 1. The van der Waals surface area contributed by atoms with Gasteiger partial charge in [0.25, 0.3) is 0 Å². The van der Waals surface area contributed by atoms with Gasteiger partial charge in [-0.05, 0) is 37.1 Å². The molecule has 1 aromatic heterocycles. The van der Waals surface area contributed by atoms with Gasteiger partial charge in [-0.2, -0.15) is 0 Å². The molecule has 0 aliphatic carbocycles. The lowest BCUT2D eigenvalue weighted by Crippen LogP contribution is -2.59. The van der Waals surface area contributed by atoms with Crippen molar-refractivity contribution in [2.75, 3.05) is 46.1 Å². The van der Waals surface area contributed by atoms with Crippen molar-refractivity contribution in [1.82, 2.24) is 20.2 Å². The summed E-state index contributed by atoms with van der Waals surface area (Å²) in [6.07, 6.45) is 10.2. The number of anilines is 1. The zero-order valence-corrected chi connectivity index (χ0v) is 22.5. The van der Waals surface area contributed by atoms with Crippen molar-refractivity contribution in [2.45, 2.75) is 32.8 Å². The number of aromatic nitrogens is 2. The van der Waals surface area contributed by atoms with E-state index in [0.29, 0.717) is 24.6 Å². The number of nitrogens with zero attached hydrogens (tertiary/aromatic N) is 4. The number of rotatable bonds is 9. The van der Waals surface area contributed by atoms with Crippen molar-refractivity contribution in [2.24, 2.45) is 10.4 Å². The van der Waals surface area contributed by atoms with Gasteiger partial charge in [-0.3, -0.25) is 4.99 Å². The average Bonchev–Trinajstić information content (AvgIpc) is 2.86. The predicted octanol–water partition coefficient (Wildman–Crippen LogP) is 4.50. The van der Waals surface area contributed by atoms with E-state index >= 15 is 0 Å². The van der Waals surface area contributed by atoms with E-state index in [2.05, 4.69) is 48.2 Å². The van der Waals surface area contributed by atoms with Gasteiger partial charge in [-0.25, -0.2) is 9.97 Å². The van der Waals surface area contributed by atoms with E-state index in [-0.39, 0.29) is 5.41 Å². The van der Waals surface area contributed by atoms with Crippen LogP contribution in [0.2, 0.25) is 0 Å². The Hall–Kier alpha value is -3.29. The van der Waals surface area contributed by atoms with Crippen LogP contribution in [0.3, 0.4) is 0 Å². The van der Waals surface area contributed by atoms with Crippen LogP contribution in [-0.4, -0.2) is 72.6 Å². The minimum absolute atomic E-state index is 0.281. The smallest absolute Gasteiger partial charge is 0.161 e. The van der Waals surface area contributed by atoms with Crippen molar-refractivity contribution in [3.05, 3.63) is 66.5 Å². The molecule has 1 aromatic carbocycles. The van der Waals surface area contributed by atoms with E-state index in [4.69, 9.17) is 9.97 Å². The quantitative estimate of drug-likeness (QED) is 0.356. The van der Waals surface area contributed by atoms with Crippen LogP contribution in [-0.2, 0) is 0 Å². The number of hydrogen-bond donors (Lipinski definition) is 3. The highest BCUT2D eigenvalue weighted by atomic mass is 16.3. The first-order chi connectivity index (χ1) is 17.1.